The van der Waals surface area contributed by atoms with Crippen LogP contribution >= 0.6 is 11.8 Å². The topological polar surface area (TPSA) is 41.0 Å². The zero-order valence-electron chi connectivity index (χ0n) is 11.3. The number of anilines is 1. The molecule has 0 aliphatic heterocycles. The number of hydrogen-bond donors (Lipinski definition) is 1. The van der Waals surface area contributed by atoms with Gasteiger partial charge in [0.2, 0.25) is 0 Å². The van der Waals surface area contributed by atoms with Gasteiger partial charge in [-0.1, -0.05) is 0 Å². The lowest BCUT2D eigenvalue weighted by Crippen LogP contribution is -2.40. The van der Waals surface area contributed by atoms with Crippen LogP contribution in [-0.4, -0.2) is 41.9 Å². The van der Waals surface area contributed by atoms with E-state index >= 15 is 0 Å². The van der Waals surface area contributed by atoms with Crippen LogP contribution in [0.15, 0.2) is 17.4 Å². The van der Waals surface area contributed by atoms with Crippen LogP contribution in [0.1, 0.15) is 20.8 Å². The monoisotopic (exact) mass is 254 g/mol. The first-order chi connectivity index (χ1) is 7.92. The normalized spacial score (nSPS) is 11.6. The van der Waals surface area contributed by atoms with Crippen LogP contribution in [0, 0.1) is 0 Å². The highest BCUT2D eigenvalue weighted by atomic mass is 32.2. The molecule has 0 aliphatic carbocycles. The van der Waals surface area contributed by atoms with Crippen LogP contribution < -0.4 is 10.2 Å². The fourth-order valence-corrected chi connectivity index (χ4v) is 1.74. The molecule has 0 atom stereocenters. The van der Waals surface area contributed by atoms with E-state index < -0.39 is 0 Å². The minimum atomic E-state index is 0.164. The highest BCUT2D eigenvalue weighted by Gasteiger charge is 2.09. The Bertz CT molecular complexity index is 349. The molecule has 0 saturated carbocycles. The van der Waals surface area contributed by atoms with E-state index in [2.05, 4.69) is 48.0 Å². The Kier molecular flexibility index (Phi) is 5.21. The molecule has 0 unspecified atom stereocenters. The molecule has 5 heteroatoms. The number of nitrogens with zero attached hydrogens (tertiary/aromatic N) is 3. The molecule has 96 valence electrons. The summed E-state index contributed by atoms with van der Waals surface area (Å²) in [6.45, 7) is 8.39. The lowest BCUT2D eigenvalue weighted by molar-refractivity contribution is 0.430. The molecule has 0 radical (unpaired) electrons. The zero-order chi connectivity index (χ0) is 12.9. The maximum absolute atomic E-state index is 4.28. The molecule has 0 fully saturated rings. The van der Waals surface area contributed by atoms with Crippen molar-refractivity contribution in [2.24, 2.45) is 0 Å². The molecule has 0 amide bonds. The minimum absolute atomic E-state index is 0.164. The van der Waals surface area contributed by atoms with Crippen LogP contribution in [0.3, 0.4) is 0 Å². The number of aromatic nitrogens is 2. The average Bonchev–Trinajstić information content (AvgIpc) is 2.27. The number of nitrogens with one attached hydrogen (secondary N) is 1. The summed E-state index contributed by atoms with van der Waals surface area (Å²) in [5.41, 5.74) is 0.164. The van der Waals surface area contributed by atoms with Crippen molar-refractivity contribution in [3.8, 4) is 0 Å². The van der Waals surface area contributed by atoms with E-state index in [9.17, 15) is 0 Å². The summed E-state index contributed by atoms with van der Waals surface area (Å²) in [4.78, 5) is 10.6. The van der Waals surface area contributed by atoms with Gasteiger partial charge in [0, 0.05) is 31.7 Å². The number of thioether (sulfide) groups is 1. The lowest BCUT2D eigenvalue weighted by Gasteiger charge is -2.24. The predicted octanol–water partition coefficient (Wildman–Crippen LogP) is 2.02. The molecule has 0 aliphatic rings. The van der Waals surface area contributed by atoms with Gasteiger partial charge in [-0.3, -0.25) is 0 Å². The van der Waals surface area contributed by atoms with Gasteiger partial charge in [0.05, 0.1) is 0 Å². The van der Waals surface area contributed by atoms with Crippen molar-refractivity contribution in [3.63, 3.8) is 0 Å². The van der Waals surface area contributed by atoms with Crippen LogP contribution in [0.25, 0.3) is 0 Å². The molecular weight excluding hydrogens is 232 g/mol. The van der Waals surface area contributed by atoms with Crippen molar-refractivity contribution in [3.05, 3.63) is 12.4 Å². The molecule has 0 saturated heterocycles. The Labute approximate surface area is 108 Å². The highest BCUT2D eigenvalue weighted by molar-refractivity contribution is 7.98. The second-order valence-electron chi connectivity index (χ2n) is 5.02. The first-order valence-corrected chi connectivity index (χ1v) is 6.97. The number of likely N-dealkylation sites (N-methyl/N-ethyl adjacent to an activating group) is 1. The molecule has 0 aromatic carbocycles. The summed E-state index contributed by atoms with van der Waals surface area (Å²) in [5.74, 6) is 0.972. The van der Waals surface area contributed by atoms with E-state index in [1.54, 1.807) is 18.1 Å². The highest BCUT2D eigenvalue weighted by Crippen LogP contribution is 2.15. The van der Waals surface area contributed by atoms with Crippen LogP contribution in [-0.2, 0) is 0 Å². The molecule has 0 bridgehead atoms. The maximum Gasteiger partial charge on any atom is 0.132 e. The molecule has 1 N–H and O–H groups in total. The van der Waals surface area contributed by atoms with Crippen molar-refractivity contribution < 1.29 is 0 Å². The summed E-state index contributed by atoms with van der Waals surface area (Å²) in [5, 5.41) is 4.47. The Hall–Kier alpha value is -0.810. The molecule has 1 aromatic rings. The summed E-state index contributed by atoms with van der Waals surface area (Å²) in [6.07, 6.45) is 3.64. The van der Waals surface area contributed by atoms with Gasteiger partial charge in [0.25, 0.3) is 0 Å². The third kappa shape index (κ3) is 5.37. The molecular formula is C12H22N4S. The van der Waals surface area contributed by atoms with Crippen molar-refractivity contribution in [2.75, 3.05) is 31.3 Å². The summed E-state index contributed by atoms with van der Waals surface area (Å²) in [7, 11) is 2.05. The summed E-state index contributed by atoms with van der Waals surface area (Å²) >= 11 is 1.64. The number of rotatable bonds is 5. The maximum atomic E-state index is 4.28. The van der Waals surface area contributed by atoms with Crippen molar-refractivity contribution in [2.45, 2.75) is 31.3 Å². The second kappa shape index (κ2) is 6.21. The van der Waals surface area contributed by atoms with Gasteiger partial charge < -0.3 is 10.2 Å². The lowest BCUT2D eigenvalue weighted by atomic mass is 10.1. The first-order valence-electron chi connectivity index (χ1n) is 5.74. The Morgan fingerprint density at radius 3 is 2.65 bits per heavy atom. The van der Waals surface area contributed by atoms with E-state index in [0.717, 1.165) is 23.9 Å². The zero-order valence-corrected chi connectivity index (χ0v) is 12.1. The van der Waals surface area contributed by atoms with Gasteiger partial charge in [-0.2, -0.15) is 0 Å². The van der Waals surface area contributed by atoms with E-state index in [1.807, 2.05) is 12.3 Å². The quantitative estimate of drug-likeness (QED) is 0.643. The number of hydrogen-bond acceptors (Lipinski definition) is 5. The summed E-state index contributed by atoms with van der Waals surface area (Å²) in [6, 6.07) is 2.02. The van der Waals surface area contributed by atoms with E-state index in [-0.39, 0.29) is 5.54 Å². The smallest absolute Gasteiger partial charge is 0.132 e. The van der Waals surface area contributed by atoms with Crippen molar-refractivity contribution in [1.82, 2.24) is 15.3 Å². The van der Waals surface area contributed by atoms with Gasteiger partial charge >= 0.3 is 0 Å². The molecule has 1 rings (SSSR count). The minimum Gasteiger partial charge on any atom is -0.358 e. The second-order valence-corrected chi connectivity index (χ2v) is 5.84. The predicted molar refractivity (Wildman–Crippen MR) is 74.8 cm³/mol. The van der Waals surface area contributed by atoms with Gasteiger partial charge in [-0.05, 0) is 27.0 Å². The fraction of sp³-hybridized carbons (Fsp3) is 0.667. The van der Waals surface area contributed by atoms with Crippen molar-refractivity contribution in [1.29, 1.82) is 0 Å². The summed E-state index contributed by atoms with van der Waals surface area (Å²) < 4.78 is 0. The Balaban J connectivity index is 2.49. The average molecular weight is 254 g/mol. The molecule has 4 nitrogen and oxygen atoms in total. The fourth-order valence-electron chi connectivity index (χ4n) is 1.36. The van der Waals surface area contributed by atoms with Gasteiger partial charge in [0.1, 0.15) is 17.2 Å². The third-order valence-corrected chi connectivity index (χ3v) is 2.97. The molecule has 0 spiro atoms. The van der Waals surface area contributed by atoms with Crippen LogP contribution in [0.2, 0.25) is 0 Å². The van der Waals surface area contributed by atoms with Crippen LogP contribution in [0.4, 0.5) is 5.82 Å². The van der Waals surface area contributed by atoms with Gasteiger partial charge in [0.15, 0.2) is 0 Å². The van der Waals surface area contributed by atoms with Crippen LogP contribution in [0.5, 0.6) is 0 Å². The van der Waals surface area contributed by atoms with E-state index in [0.29, 0.717) is 0 Å². The Morgan fingerprint density at radius 2 is 2.06 bits per heavy atom. The molecule has 1 heterocycles. The van der Waals surface area contributed by atoms with Gasteiger partial charge in [-0.15, -0.1) is 11.8 Å². The third-order valence-electron chi connectivity index (χ3n) is 2.33. The van der Waals surface area contributed by atoms with Gasteiger partial charge in [-0.25, -0.2) is 9.97 Å². The largest absolute Gasteiger partial charge is 0.358 e. The van der Waals surface area contributed by atoms with Crippen molar-refractivity contribution >= 4 is 17.6 Å². The Morgan fingerprint density at radius 1 is 1.35 bits per heavy atom. The standard InChI is InChI=1S/C12H22N4S/c1-12(2,3)15-6-7-16(4)10-8-11(17-5)14-9-13-10/h8-9,15H,6-7H2,1-5H3. The van der Waals surface area contributed by atoms with E-state index in [4.69, 9.17) is 0 Å². The SMILES string of the molecule is CSc1cc(N(C)CCNC(C)(C)C)ncn1. The molecule has 17 heavy (non-hydrogen) atoms. The first kappa shape index (κ1) is 14.3. The molecule has 1 aromatic heterocycles. The van der Waals surface area contributed by atoms with E-state index in [1.165, 1.54) is 0 Å².